The van der Waals surface area contributed by atoms with Gasteiger partial charge in [0.25, 0.3) is 0 Å². The fourth-order valence-corrected chi connectivity index (χ4v) is 2.46. The van der Waals surface area contributed by atoms with E-state index in [0.29, 0.717) is 5.82 Å². The third-order valence-electron chi connectivity index (χ3n) is 3.68. The molecule has 1 aromatic carbocycles. The van der Waals surface area contributed by atoms with E-state index >= 15 is 0 Å². The van der Waals surface area contributed by atoms with Crippen molar-refractivity contribution in [2.45, 2.75) is 19.9 Å². The minimum Gasteiger partial charge on any atom is -0.368 e. The Hall–Kier alpha value is -3.09. The highest BCUT2D eigenvalue weighted by Crippen LogP contribution is 2.21. The fourth-order valence-electron chi connectivity index (χ4n) is 2.46. The van der Waals surface area contributed by atoms with Crippen molar-refractivity contribution in [3.63, 3.8) is 0 Å². The number of fused-ring (bicyclic) bond motifs is 1. The Morgan fingerprint density at radius 1 is 1.29 bits per heavy atom. The number of hydrogen-bond acceptors (Lipinski definition) is 4. The van der Waals surface area contributed by atoms with E-state index in [4.69, 9.17) is 0 Å². The van der Waals surface area contributed by atoms with Crippen LogP contribution < -0.4 is 16.0 Å². The lowest BCUT2D eigenvalue weighted by atomic mass is 10.1. The van der Waals surface area contributed by atoms with Crippen LogP contribution in [0.15, 0.2) is 42.6 Å². The second-order valence-corrected chi connectivity index (χ2v) is 5.45. The highest BCUT2D eigenvalue weighted by atomic mass is 16.2. The first-order valence-electron chi connectivity index (χ1n) is 7.88. The number of benzene rings is 1. The number of H-pyrrole nitrogens is 1. The van der Waals surface area contributed by atoms with E-state index in [-0.39, 0.29) is 12.1 Å². The van der Waals surface area contributed by atoms with Crippen molar-refractivity contribution in [1.29, 1.82) is 0 Å². The monoisotopic (exact) mass is 324 g/mol. The van der Waals surface area contributed by atoms with Gasteiger partial charge in [-0.25, -0.2) is 9.78 Å². The van der Waals surface area contributed by atoms with Gasteiger partial charge in [-0.2, -0.15) is 5.10 Å². The second kappa shape index (κ2) is 6.99. The van der Waals surface area contributed by atoms with Crippen LogP contribution in [0.2, 0.25) is 0 Å². The Morgan fingerprint density at radius 3 is 2.83 bits per heavy atom. The molecule has 124 valence electrons. The minimum atomic E-state index is -0.301. The van der Waals surface area contributed by atoms with E-state index in [1.54, 1.807) is 12.3 Å². The van der Waals surface area contributed by atoms with Gasteiger partial charge >= 0.3 is 6.03 Å². The summed E-state index contributed by atoms with van der Waals surface area (Å²) in [5.74, 6) is 1.22. The van der Waals surface area contributed by atoms with E-state index in [2.05, 4.69) is 31.1 Å². The van der Waals surface area contributed by atoms with Crippen LogP contribution in [0.5, 0.6) is 0 Å². The van der Waals surface area contributed by atoms with Crippen molar-refractivity contribution in [2.24, 2.45) is 0 Å². The summed E-state index contributed by atoms with van der Waals surface area (Å²) in [4.78, 5) is 16.4. The molecular weight excluding hydrogens is 304 g/mol. The van der Waals surface area contributed by atoms with Crippen LogP contribution in [0, 0.1) is 0 Å². The van der Waals surface area contributed by atoms with E-state index < -0.39 is 0 Å². The topological polar surface area (TPSA) is 94.7 Å². The van der Waals surface area contributed by atoms with Crippen LogP contribution in [0.4, 0.5) is 16.4 Å². The number of urea groups is 1. The zero-order valence-electron chi connectivity index (χ0n) is 13.6. The number of pyridine rings is 1. The lowest BCUT2D eigenvalue weighted by Crippen LogP contribution is -2.31. The molecule has 0 aliphatic heterocycles. The number of carbonyl (C=O) groups is 1. The molecule has 3 aromatic rings. The average Bonchev–Trinajstić information content (AvgIpc) is 2.98. The van der Waals surface area contributed by atoms with Gasteiger partial charge in [0.05, 0.1) is 16.9 Å². The van der Waals surface area contributed by atoms with Crippen LogP contribution in [0.25, 0.3) is 10.9 Å². The van der Waals surface area contributed by atoms with Gasteiger partial charge in [-0.05, 0) is 19.4 Å². The number of rotatable bonds is 5. The summed E-state index contributed by atoms with van der Waals surface area (Å²) < 4.78 is 0. The predicted molar refractivity (Wildman–Crippen MR) is 95.1 cm³/mol. The molecule has 4 N–H and O–H groups in total. The van der Waals surface area contributed by atoms with Crippen LogP contribution in [-0.4, -0.2) is 27.8 Å². The fraction of sp³-hybridized carbons (Fsp3) is 0.235. The summed E-state index contributed by atoms with van der Waals surface area (Å²) in [6.07, 6.45) is 1.69. The standard InChI is InChI=1S/C17H20N6O/c1-3-18-16-13-10-19-15(9-14(13)22-23-16)21-17(24)20-11(2)12-7-5-4-6-8-12/h4-11H,3H2,1-2H3,(H2,18,22,23)(H2,19,20,21,24). The third kappa shape index (κ3) is 3.45. The van der Waals surface area contributed by atoms with Crippen molar-refractivity contribution in [2.75, 3.05) is 17.2 Å². The molecule has 1 atom stereocenters. The molecule has 7 nitrogen and oxygen atoms in total. The number of amides is 2. The smallest absolute Gasteiger partial charge is 0.320 e. The zero-order chi connectivity index (χ0) is 16.9. The van der Waals surface area contributed by atoms with E-state index in [1.807, 2.05) is 44.2 Å². The minimum absolute atomic E-state index is 0.0950. The highest BCUT2D eigenvalue weighted by molar-refractivity contribution is 5.94. The molecule has 0 radical (unpaired) electrons. The molecule has 2 heterocycles. The van der Waals surface area contributed by atoms with Crippen molar-refractivity contribution in [3.8, 4) is 0 Å². The molecule has 2 amide bonds. The molecule has 0 saturated carbocycles. The molecule has 3 rings (SSSR count). The molecule has 2 aromatic heterocycles. The summed E-state index contributed by atoms with van der Waals surface area (Å²) in [5, 5.41) is 16.8. The summed E-state index contributed by atoms with van der Waals surface area (Å²) in [6.45, 7) is 4.71. The Balaban J connectivity index is 1.67. The first kappa shape index (κ1) is 15.8. The van der Waals surface area contributed by atoms with Crippen LogP contribution in [0.1, 0.15) is 25.5 Å². The van der Waals surface area contributed by atoms with Crippen molar-refractivity contribution >= 4 is 28.6 Å². The summed E-state index contributed by atoms with van der Waals surface area (Å²) in [7, 11) is 0. The van der Waals surface area contributed by atoms with Crippen LogP contribution >= 0.6 is 0 Å². The maximum absolute atomic E-state index is 12.1. The summed E-state index contributed by atoms with van der Waals surface area (Å²) in [6, 6.07) is 11.1. The molecule has 0 bridgehead atoms. The maximum atomic E-state index is 12.1. The van der Waals surface area contributed by atoms with Gasteiger partial charge in [0.1, 0.15) is 5.82 Å². The van der Waals surface area contributed by atoms with Gasteiger partial charge in [-0.3, -0.25) is 10.4 Å². The van der Waals surface area contributed by atoms with Gasteiger partial charge < -0.3 is 10.6 Å². The number of aromatic nitrogens is 3. The van der Waals surface area contributed by atoms with Gasteiger partial charge in [-0.1, -0.05) is 30.3 Å². The average molecular weight is 324 g/mol. The zero-order valence-corrected chi connectivity index (χ0v) is 13.6. The van der Waals surface area contributed by atoms with Crippen LogP contribution in [-0.2, 0) is 0 Å². The number of hydrogen-bond donors (Lipinski definition) is 4. The van der Waals surface area contributed by atoms with Crippen molar-refractivity contribution in [3.05, 3.63) is 48.2 Å². The molecule has 24 heavy (non-hydrogen) atoms. The Morgan fingerprint density at radius 2 is 2.08 bits per heavy atom. The molecular formula is C17H20N6O. The van der Waals surface area contributed by atoms with E-state index in [1.165, 1.54) is 0 Å². The number of nitrogens with one attached hydrogen (secondary N) is 4. The maximum Gasteiger partial charge on any atom is 0.320 e. The molecule has 7 heteroatoms. The first-order chi connectivity index (χ1) is 11.7. The van der Waals surface area contributed by atoms with E-state index in [0.717, 1.165) is 28.8 Å². The highest BCUT2D eigenvalue weighted by Gasteiger charge is 2.11. The molecule has 0 fully saturated rings. The molecule has 0 saturated heterocycles. The Labute approximate surface area is 139 Å². The molecule has 1 unspecified atom stereocenters. The third-order valence-corrected chi connectivity index (χ3v) is 3.68. The van der Waals surface area contributed by atoms with Crippen molar-refractivity contribution in [1.82, 2.24) is 20.5 Å². The molecule has 0 aliphatic rings. The SMILES string of the molecule is CCNc1n[nH]c2cc(NC(=O)NC(C)c3ccccc3)ncc12. The van der Waals surface area contributed by atoms with Gasteiger partial charge in [0, 0.05) is 18.8 Å². The Kier molecular flexibility index (Phi) is 4.60. The first-order valence-corrected chi connectivity index (χ1v) is 7.88. The second-order valence-electron chi connectivity index (χ2n) is 5.45. The quantitative estimate of drug-likeness (QED) is 0.579. The predicted octanol–water partition coefficient (Wildman–Crippen LogP) is 3.27. The largest absolute Gasteiger partial charge is 0.368 e. The number of aromatic amines is 1. The van der Waals surface area contributed by atoms with Gasteiger partial charge in [0.2, 0.25) is 0 Å². The lowest BCUT2D eigenvalue weighted by Gasteiger charge is -2.14. The number of carbonyl (C=O) groups excluding carboxylic acids is 1. The van der Waals surface area contributed by atoms with Gasteiger partial charge in [0.15, 0.2) is 5.82 Å². The lowest BCUT2D eigenvalue weighted by molar-refractivity contribution is 0.249. The molecule has 0 spiro atoms. The normalized spacial score (nSPS) is 11.9. The Bertz CT molecular complexity index is 829. The number of anilines is 2. The van der Waals surface area contributed by atoms with E-state index in [9.17, 15) is 4.79 Å². The van der Waals surface area contributed by atoms with Gasteiger partial charge in [-0.15, -0.1) is 0 Å². The van der Waals surface area contributed by atoms with Crippen molar-refractivity contribution < 1.29 is 4.79 Å². The summed E-state index contributed by atoms with van der Waals surface area (Å²) >= 11 is 0. The molecule has 0 aliphatic carbocycles. The van der Waals surface area contributed by atoms with Crippen LogP contribution in [0.3, 0.4) is 0 Å². The summed E-state index contributed by atoms with van der Waals surface area (Å²) in [5.41, 5.74) is 1.85. The number of nitrogens with zero attached hydrogens (tertiary/aromatic N) is 2.